The predicted molar refractivity (Wildman–Crippen MR) is 79.8 cm³/mol. The summed E-state index contributed by atoms with van der Waals surface area (Å²) in [6, 6.07) is 4.44. The van der Waals surface area contributed by atoms with Crippen LogP contribution in [0.5, 0.6) is 11.5 Å². The van der Waals surface area contributed by atoms with Crippen LogP contribution in [0.1, 0.15) is 25.7 Å². The fourth-order valence-electron chi connectivity index (χ4n) is 2.56. The second-order valence-corrected chi connectivity index (χ2v) is 5.78. The molecule has 0 aliphatic heterocycles. The first-order valence-corrected chi connectivity index (χ1v) is 7.73. The van der Waals surface area contributed by atoms with Gasteiger partial charge in [0.1, 0.15) is 0 Å². The predicted octanol–water partition coefficient (Wildman–Crippen LogP) is 3.94. The summed E-state index contributed by atoms with van der Waals surface area (Å²) in [6.07, 6.45) is 4.75. The largest absolute Gasteiger partial charge is 0.493 e. The number of benzene rings is 1. The number of rotatable bonds is 6. The first-order valence-electron chi connectivity index (χ1n) is 6.61. The molecular formula is C14H18BrNO4. The highest BCUT2D eigenvalue weighted by Gasteiger charge is 2.34. The van der Waals surface area contributed by atoms with Gasteiger partial charge in [-0.2, -0.15) is 0 Å². The molecule has 1 aliphatic rings. The molecule has 0 amide bonds. The molecule has 6 heteroatoms. The first kappa shape index (κ1) is 15.1. The molecule has 5 nitrogen and oxygen atoms in total. The van der Waals surface area contributed by atoms with E-state index < -0.39 is 4.92 Å². The normalized spacial score (nSPS) is 16.9. The van der Waals surface area contributed by atoms with Crippen LogP contribution in [0.15, 0.2) is 18.2 Å². The Hall–Kier alpha value is -1.30. The van der Waals surface area contributed by atoms with Gasteiger partial charge in [0, 0.05) is 16.8 Å². The number of hydrogen-bond donors (Lipinski definition) is 0. The van der Waals surface area contributed by atoms with Gasteiger partial charge >= 0.3 is 0 Å². The van der Waals surface area contributed by atoms with Gasteiger partial charge in [-0.1, -0.05) is 28.8 Å². The van der Waals surface area contributed by atoms with Crippen molar-refractivity contribution in [2.24, 2.45) is 5.41 Å². The van der Waals surface area contributed by atoms with E-state index in [-0.39, 0.29) is 11.1 Å². The van der Waals surface area contributed by atoms with E-state index in [0.717, 1.165) is 18.2 Å². The van der Waals surface area contributed by atoms with Crippen LogP contribution in [-0.2, 0) is 0 Å². The summed E-state index contributed by atoms with van der Waals surface area (Å²) in [6.45, 7) is 0.604. The lowest BCUT2D eigenvalue weighted by molar-refractivity contribution is -0.385. The van der Waals surface area contributed by atoms with Crippen molar-refractivity contribution < 1.29 is 14.4 Å². The third-order valence-electron chi connectivity index (χ3n) is 3.84. The maximum absolute atomic E-state index is 10.7. The topological polar surface area (TPSA) is 61.6 Å². The first-order chi connectivity index (χ1) is 9.60. The van der Waals surface area contributed by atoms with Crippen molar-refractivity contribution in [3.8, 4) is 11.5 Å². The van der Waals surface area contributed by atoms with Crippen LogP contribution in [0.25, 0.3) is 0 Å². The van der Waals surface area contributed by atoms with Crippen LogP contribution < -0.4 is 9.47 Å². The van der Waals surface area contributed by atoms with Crippen LogP contribution in [0.2, 0.25) is 0 Å². The van der Waals surface area contributed by atoms with E-state index >= 15 is 0 Å². The number of halogens is 1. The minimum Gasteiger partial charge on any atom is -0.493 e. The molecule has 0 bridgehead atoms. The van der Waals surface area contributed by atoms with Crippen molar-refractivity contribution in [1.82, 2.24) is 0 Å². The van der Waals surface area contributed by atoms with Crippen molar-refractivity contribution in [1.29, 1.82) is 0 Å². The number of alkyl halides is 1. The van der Waals surface area contributed by atoms with E-state index in [1.54, 1.807) is 6.07 Å². The second-order valence-electron chi connectivity index (χ2n) is 5.22. The van der Waals surface area contributed by atoms with Crippen LogP contribution in [0.4, 0.5) is 5.69 Å². The van der Waals surface area contributed by atoms with Crippen molar-refractivity contribution in [3.63, 3.8) is 0 Å². The number of hydrogen-bond acceptors (Lipinski definition) is 4. The van der Waals surface area contributed by atoms with Gasteiger partial charge in [0.05, 0.1) is 24.7 Å². The highest BCUT2D eigenvalue weighted by Crippen LogP contribution is 2.41. The zero-order chi connectivity index (χ0) is 14.6. The van der Waals surface area contributed by atoms with E-state index in [4.69, 9.17) is 9.47 Å². The summed E-state index contributed by atoms with van der Waals surface area (Å²) in [5, 5.41) is 11.7. The molecule has 1 saturated carbocycles. The molecule has 0 aromatic heterocycles. The Morgan fingerprint density at radius 2 is 2.05 bits per heavy atom. The zero-order valence-corrected chi connectivity index (χ0v) is 13.0. The molecule has 20 heavy (non-hydrogen) atoms. The standard InChI is InChI=1S/C14H18BrNO4/c1-19-13-8-11(16(17)18)4-5-12(13)20-10-14(9-15)6-2-3-7-14/h4-5,8H,2-3,6-7,9-10H2,1H3. The number of methoxy groups -OCH3 is 1. The minimum atomic E-state index is -0.441. The lowest BCUT2D eigenvalue weighted by atomic mass is 9.90. The summed E-state index contributed by atoms with van der Waals surface area (Å²) in [5.74, 6) is 0.965. The third-order valence-corrected chi connectivity index (χ3v) is 5.03. The lowest BCUT2D eigenvalue weighted by Gasteiger charge is -2.26. The SMILES string of the molecule is COc1cc([N+](=O)[O-])ccc1OCC1(CBr)CCCC1. The molecule has 1 fully saturated rings. The van der Waals surface area contributed by atoms with Crippen LogP contribution in [0.3, 0.4) is 0 Å². The molecule has 0 unspecified atom stereocenters. The fraction of sp³-hybridized carbons (Fsp3) is 0.571. The Morgan fingerprint density at radius 3 is 2.60 bits per heavy atom. The summed E-state index contributed by atoms with van der Waals surface area (Å²) >= 11 is 3.57. The van der Waals surface area contributed by atoms with Gasteiger partial charge in [0.25, 0.3) is 5.69 Å². The molecule has 0 spiro atoms. The number of ether oxygens (including phenoxy) is 2. The number of non-ortho nitro benzene ring substituents is 1. The minimum absolute atomic E-state index is 0.00488. The molecule has 2 rings (SSSR count). The molecule has 110 valence electrons. The van der Waals surface area contributed by atoms with Crippen LogP contribution in [-0.4, -0.2) is 24.0 Å². The van der Waals surface area contributed by atoms with E-state index in [1.807, 2.05) is 0 Å². The number of nitro benzene ring substituents is 1. The number of nitro groups is 1. The van der Waals surface area contributed by atoms with Gasteiger partial charge in [-0.3, -0.25) is 10.1 Å². The van der Waals surface area contributed by atoms with Crippen LogP contribution in [0, 0.1) is 15.5 Å². The number of nitrogens with zero attached hydrogens (tertiary/aromatic N) is 1. The van der Waals surface area contributed by atoms with Gasteiger partial charge in [0.15, 0.2) is 11.5 Å². The second kappa shape index (κ2) is 6.43. The Balaban J connectivity index is 2.11. The van der Waals surface area contributed by atoms with Crippen molar-refractivity contribution in [3.05, 3.63) is 28.3 Å². The Kier molecular flexibility index (Phi) is 4.86. The summed E-state index contributed by atoms with van der Waals surface area (Å²) < 4.78 is 11.0. The van der Waals surface area contributed by atoms with Crippen molar-refractivity contribution in [2.75, 3.05) is 19.0 Å². The quantitative estimate of drug-likeness (QED) is 0.446. The summed E-state index contributed by atoms with van der Waals surface area (Å²) in [4.78, 5) is 10.3. The van der Waals surface area contributed by atoms with E-state index in [1.165, 1.54) is 32.1 Å². The maximum Gasteiger partial charge on any atom is 0.273 e. The molecule has 0 atom stereocenters. The molecule has 0 saturated heterocycles. The smallest absolute Gasteiger partial charge is 0.273 e. The average Bonchev–Trinajstić information content (AvgIpc) is 2.94. The summed E-state index contributed by atoms with van der Waals surface area (Å²) in [5.41, 5.74) is 0.178. The Labute approximate surface area is 126 Å². The van der Waals surface area contributed by atoms with Gasteiger partial charge < -0.3 is 9.47 Å². The molecular weight excluding hydrogens is 326 g/mol. The Bertz CT molecular complexity index is 486. The monoisotopic (exact) mass is 343 g/mol. The van der Waals surface area contributed by atoms with E-state index in [0.29, 0.717) is 18.1 Å². The van der Waals surface area contributed by atoms with Crippen molar-refractivity contribution >= 4 is 21.6 Å². The third kappa shape index (κ3) is 3.23. The molecule has 0 radical (unpaired) electrons. The highest BCUT2D eigenvalue weighted by molar-refractivity contribution is 9.09. The molecule has 0 heterocycles. The summed E-state index contributed by atoms with van der Waals surface area (Å²) in [7, 11) is 1.49. The molecule has 0 N–H and O–H groups in total. The van der Waals surface area contributed by atoms with Gasteiger partial charge in [0.2, 0.25) is 0 Å². The van der Waals surface area contributed by atoms with Gasteiger partial charge in [-0.05, 0) is 18.9 Å². The van der Waals surface area contributed by atoms with E-state index in [9.17, 15) is 10.1 Å². The zero-order valence-electron chi connectivity index (χ0n) is 11.4. The molecule has 1 aromatic carbocycles. The average molecular weight is 344 g/mol. The van der Waals surface area contributed by atoms with Gasteiger partial charge in [-0.25, -0.2) is 0 Å². The maximum atomic E-state index is 10.7. The fourth-order valence-corrected chi connectivity index (χ4v) is 3.28. The van der Waals surface area contributed by atoms with E-state index in [2.05, 4.69) is 15.9 Å². The van der Waals surface area contributed by atoms with Gasteiger partial charge in [-0.15, -0.1) is 0 Å². The lowest BCUT2D eigenvalue weighted by Crippen LogP contribution is -2.27. The molecule has 1 aromatic rings. The highest BCUT2D eigenvalue weighted by atomic mass is 79.9. The Morgan fingerprint density at radius 1 is 1.35 bits per heavy atom. The van der Waals surface area contributed by atoms with Crippen LogP contribution >= 0.6 is 15.9 Å². The van der Waals surface area contributed by atoms with Crippen molar-refractivity contribution in [2.45, 2.75) is 25.7 Å². The molecule has 1 aliphatic carbocycles.